The molecule has 29 heavy (non-hydrogen) atoms. The van der Waals surface area contributed by atoms with Crippen LogP contribution in [0.3, 0.4) is 0 Å². The van der Waals surface area contributed by atoms with Crippen LogP contribution in [-0.2, 0) is 14.2 Å². The van der Waals surface area contributed by atoms with Gasteiger partial charge in [-0.15, -0.1) is 0 Å². The van der Waals surface area contributed by atoms with Gasteiger partial charge in [-0.2, -0.15) is 0 Å². The van der Waals surface area contributed by atoms with Crippen molar-refractivity contribution in [2.75, 3.05) is 19.8 Å². The quantitative estimate of drug-likeness (QED) is 0.445. The molecule has 0 aliphatic carbocycles. The van der Waals surface area contributed by atoms with Gasteiger partial charge in [0.15, 0.2) is 11.4 Å². The van der Waals surface area contributed by atoms with Crippen molar-refractivity contribution < 1.29 is 28.6 Å². The van der Waals surface area contributed by atoms with Gasteiger partial charge in [0.25, 0.3) is 0 Å². The molecule has 7 nitrogen and oxygen atoms in total. The maximum absolute atomic E-state index is 12.8. The molecule has 154 valence electrons. The highest BCUT2D eigenvalue weighted by Crippen LogP contribution is 2.36. The molecule has 1 aromatic heterocycles. The molecule has 1 heterocycles. The largest absolute Gasteiger partial charge is 0.462 e. The highest BCUT2D eigenvalue weighted by molar-refractivity contribution is 9.10. The Labute approximate surface area is 177 Å². The first-order chi connectivity index (χ1) is 13.9. The van der Waals surface area contributed by atoms with Gasteiger partial charge in [-0.05, 0) is 44.9 Å². The van der Waals surface area contributed by atoms with Crippen molar-refractivity contribution in [1.82, 2.24) is 4.98 Å². The Kier molecular flexibility index (Phi) is 7.90. The molecule has 0 fully saturated rings. The van der Waals surface area contributed by atoms with E-state index in [-0.39, 0.29) is 36.8 Å². The van der Waals surface area contributed by atoms with Crippen LogP contribution in [0.15, 0.2) is 28.7 Å². The van der Waals surface area contributed by atoms with Crippen molar-refractivity contribution in [3.8, 4) is 11.1 Å². The van der Waals surface area contributed by atoms with Gasteiger partial charge in [-0.1, -0.05) is 34.1 Å². The second-order valence-corrected chi connectivity index (χ2v) is 6.68. The molecule has 0 saturated heterocycles. The van der Waals surface area contributed by atoms with Gasteiger partial charge in [0.2, 0.25) is 0 Å². The van der Waals surface area contributed by atoms with Crippen molar-refractivity contribution in [1.29, 1.82) is 0 Å². The molecule has 0 saturated carbocycles. The predicted molar refractivity (Wildman–Crippen MR) is 110 cm³/mol. The summed E-state index contributed by atoms with van der Waals surface area (Å²) in [4.78, 5) is 42.1. The van der Waals surface area contributed by atoms with Crippen LogP contribution in [0.2, 0.25) is 0 Å². The van der Waals surface area contributed by atoms with Crippen molar-refractivity contribution >= 4 is 33.8 Å². The van der Waals surface area contributed by atoms with Gasteiger partial charge >= 0.3 is 17.9 Å². The first-order valence-electron chi connectivity index (χ1n) is 9.18. The number of carbonyl (C=O) groups is 3. The molecule has 2 rings (SSSR count). The molecule has 0 radical (unpaired) electrons. The lowest BCUT2D eigenvalue weighted by molar-refractivity contribution is 0.0468. The van der Waals surface area contributed by atoms with E-state index in [1.165, 1.54) is 0 Å². The number of rotatable bonds is 7. The Bertz CT molecular complexity index is 941. The summed E-state index contributed by atoms with van der Waals surface area (Å²) < 4.78 is 16.0. The minimum atomic E-state index is -0.825. The second-order valence-electron chi connectivity index (χ2n) is 5.83. The lowest BCUT2D eigenvalue weighted by Gasteiger charge is -2.18. The average molecular weight is 464 g/mol. The standard InChI is InChI=1S/C21H22BrNO6/c1-5-27-19(24)16-15(13-10-8-9-11-14(13)22)12(4)17(20(25)28-6-2)23-18(16)21(26)29-7-3/h8-11H,5-7H2,1-4H3. The lowest BCUT2D eigenvalue weighted by atomic mass is 9.92. The minimum Gasteiger partial charge on any atom is -0.462 e. The molecule has 0 atom stereocenters. The van der Waals surface area contributed by atoms with Crippen LogP contribution < -0.4 is 0 Å². The highest BCUT2D eigenvalue weighted by Gasteiger charge is 2.31. The summed E-state index contributed by atoms with van der Waals surface area (Å²) in [6.45, 7) is 6.93. The Balaban J connectivity index is 2.95. The number of benzene rings is 1. The molecule has 0 N–H and O–H groups in total. The van der Waals surface area contributed by atoms with E-state index in [1.54, 1.807) is 45.9 Å². The number of ether oxygens (including phenoxy) is 3. The molecule has 1 aromatic carbocycles. The number of pyridine rings is 1. The van der Waals surface area contributed by atoms with E-state index >= 15 is 0 Å². The summed E-state index contributed by atoms with van der Waals surface area (Å²) in [7, 11) is 0. The molecule has 2 aromatic rings. The van der Waals surface area contributed by atoms with Crippen molar-refractivity contribution in [3.63, 3.8) is 0 Å². The third-order valence-electron chi connectivity index (χ3n) is 4.00. The van der Waals surface area contributed by atoms with Crippen LogP contribution in [0.25, 0.3) is 11.1 Å². The molecule has 0 aliphatic heterocycles. The van der Waals surface area contributed by atoms with Gasteiger partial charge in [0.05, 0.1) is 19.8 Å². The van der Waals surface area contributed by atoms with Crippen LogP contribution >= 0.6 is 15.9 Å². The van der Waals surface area contributed by atoms with Crippen LogP contribution in [0, 0.1) is 6.92 Å². The van der Waals surface area contributed by atoms with Crippen molar-refractivity contribution in [3.05, 3.63) is 51.3 Å². The van der Waals surface area contributed by atoms with Crippen LogP contribution in [-0.4, -0.2) is 42.7 Å². The fraction of sp³-hybridized carbons (Fsp3) is 0.333. The van der Waals surface area contributed by atoms with Crippen LogP contribution in [0.4, 0.5) is 0 Å². The van der Waals surface area contributed by atoms with Crippen LogP contribution in [0.5, 0.6) is 0 Å². The van der Waals surface area contributed by atoms with Gasteiger partial charge in [0.1, 0.15) is 5.56 Å². The summed E-state index contributed by atoms with van der Waals surface area (Å²) in [6, 6.07) is 7.15. The Morgan fingerprint density at radius 3 is 1.93 bits per heavy atom. The van der Waals surface area contributed by atoms with Crippen molar-refractivity contribution in [2.24, 2.45) is 0 Å². The van der Waals surface area contributed by atoms with Gasteiger partial charge in [0, 0.05) is 10.0 Å². The predicted octanol–water partition coefficient (Wildman–Crippen LogP) is 4.35. The molecular formula is C21H22BrNO6. The number of carbonyl (C=O) groups excluding carboxylic acids is 3. The van der Waals surface area contributed by atoms with E-state index in [9.17, 15) is 14.4 Å². The van der Waals surface area contributed by atoms with E-state index in [1.807, 2.05) is 6.07 Å². The van der Waals surface area contributed by atoms with Gasteiger partial charge < -0.3 is 14.2 Å². The zero-order chi connectivity index (χ0) is 21.6. The summed E-state index contributed by atoms with van der Waals surface area (Å²) >= 11 is 3.47. The fourth-order valence-corrected chi connectivity index (χ4v) is 3.31. The molecule has 0 bridgehead atoms. The maximum Gasteiger partial charge on any atom is 0.357 e. The summed E-state index contributed by atoms with van der Waals surface area (Å²) in [5.41, 5.74) is 0.955. The number of nitrogens with zero attached hydrogens (tertiary/aromatic N) is 1. The van der Waals surface area contributed by atoms with Crippen LogP contribution in [0.1, 0.15) is 57.7 Å². The fourth-order valence-electron chi connectivity index (χ4n) is 2.82. The number of esters is 3. The first kappa shape index (κ1) is 22.5. The zero-order valence-corrected chi connectivity index (χ0v) is 18.3. The molecule has 8 heteroatoms. The van der Waals surface area contributed by atoms with Crippen molar-refractivity contribution in [2.45, 2.75) is 27.7 Å². The SMILES string of the molecule is CCOC(=O)c1nc(C(=O)OCC)c(C(=O)OCC)c(-c2ccccc2Br)c1C. The van der Waals surface area contributed by atoms with Gasteiger partial charge in [-0.3, -0.25) is 0 Å². The molecule has 0 amide bonds. The zero-order valence-electron chi connectivity index (χ0n) is 16.7. The number of halogens is 1. The molecule has 0 spiro atoms. The average Bonchev–Trinajstić information content (AvgIpc) is 2.68. The minimum absolute atomic E-state index is 0.0530. The molecule has 0 aliphatic rings. The Hall–Kier alpha value is -2.74. The third-order valence-corrected chi connectivity index (χ3v) is 4.69. The molecular weight excluding hydrogens is 442 g/mol. The van der Waals surface area contributed by atoms with E-state index in [0.29, 0.717) is 21.2 Å². The van der Waals surface area contributed by atoms with E-state index in [0.717, 1.165) is 0 Å². The molecule has 0 unspecified atom stereocenters. The Morgan fingerprint density at radius 1 is 0.862 bits per heavy atom. The number of hydrogen-bond acceptors (Lipinski definition) is 7. The highest BCUT2D eigenvalue weighted by atomic mass is 79.9. The smallest absolute Gasteiger partial charge is 0.357 e. The second kappa shape index (κ2) is 10.2. The monoisotopic (exact) mass is 463 g/mol. The van der Waals surface area contributed by atoms with E-state index in [2.05, 4.69) is 20.9 Å². The number of hydrogen-bond donors (Lipinski definition) is 0. The van der Waals surface area contributed by atoms with Gasteiger partial charge in [-0.25, -0.2) is 19.4 Å². The third kappa shape index (κ3) is 4.82. The lowest BCUT2D eigenvalue weighted by Crippen LogP contribution is -2.22. The summed E-state index contributed by atoms with van der Waals surface area (Å²) in [5.74, 6) is -2.25. The number of aromatic nitrogens is 1. The van der Waals surface area contributed by atoms with E-state index in [4.69, 9.17) is 14.2 Å². The van der Waals surface area contributed by atoms with E-state index < -0.39 is 17.9 Å². The normalized spacial score (nSPS) is 10.4. The first-order valence-corrected chi connectivity index (χ1v) is 9.97. The topological polar surface area (TPSA) is 91.8 Å². The Morgan fingerprint density at radius 2 is 1.38 bits per heavy atom. The summed E-state index contributed by atoms with van der Waals surface area (Å²) in [5, 5.41) is 0. The maximum atomic E-state index is 12.8. The summed E-state index contributed by atoms with van der Waals surface area (Å²) in [6.07, 6.45) is 0.